The van der Waals surface area contributed by atoms with Gasteiger partial charge in [0.05, 0.1) is 0 Å². The zero-order valence-electron chi connectivity index (χ0n) is 26.4. The summed E-state index contributed by atoms with van der Waals surface area (Å²) in [7, 11) is 0. The highest BCUT2D eigenvalue weighted by molar-refractivity contribution is 6.06. The molecule has 232 valence electrons. The predicted octanol–water partition coefficient (Wildman–Crippen LogP) is 6.99. The number of nitrogens with one attached hydrogen (secondary N) is 2. The molecule has 0 saturated carbocycles. The van der Waals surface area contributed by atoms with Crippen LogP contribution in [-0.2, 0) is 13.1 Å². The quantitative estimate of drug-likeness (QED) is 0.234. The van der Waals surface area contributed by atoms with Crippen LogP contribution < -0.4 is 25.3 Å². The van der Waals surface area contributed by atoms with Gasteiger partial charge in [0.2, 0.25) is 17.8 Å². The SMILES string of the molecule is Cc1cc(Nc2nc(N3CCCCC3)nc(N3CCCCC3)n2)ccc1NC(=O)c1ccc(N2Cc3ccccc3C2)cc1C. The summed E-state index contributed by atoms with van der Waals surface area (Å²) in [4.78, 5) is 34.9. The van der Waals surface area contributed by atoms with E-state index in [1.165, 1.54) is 24.0 Å². The van der Waals surface area contributed by atoms with Gasteiger partial charge in [0, 0.05) is 61.9 Å². The van der Waals surface area contributed by atoms with Crippen molar-refractivity contribution in [3.63, 3.8) is 0 Å². The molecule has 7 rings (SSSR count). The number of anilines is 6. The minimum atomic E-state index is -0.109. The van der Waals surface area contributed by atoms with Gasteiger partial charge >= 0.3 is 0 Å². The van der Waals surface area contributed by atoms with Gasteiger partial charge < -0.3 is 25.3 Å². The zero-order valence-corrected chi connectivity index (χ0v) is 26.4. The van der Waals surface area contributed by atoms with Crippen molar-refractivity contribution in [1.29, 1.82) is 0 Å². The van der Waals surface area contributed by atoms with Gasteiger partial charge in [-0.2, -0.15) is 15.0 Å². The van der Waals surface area contributed by atoms with Crippen molar-refractivity contribution in [1.82, 2.24) is 15.0 Å². The highest BCUT2D eigenvalue weighted by atomic mass is 16.1. The fraction of sp³-hybridized carbons (Fsp3) is 0.389. The lowest BCUT2D eigenvalue weighted by Crippen LogP contribution is -2.34. The molecule has 0 radical (unpaired) electrons. The predicted molar refractivity (Wildman–Crippen MR) is 182 cm³/mol. The largest absolute Gasteiger partial charge is 0.363 e. The molecular formula is C36H42N8O. The van der Waals surface area contributed by atoms with Crippen LogP contribution >= 0.6 is 0 Å². The Bertz CT molecular complexity index is 1630. The van der Waals surface area contributed by atoms with Crippen LogP contribution in [0.1, 0.15) is 71.1 Å². The maximum absolute atomic E-state index is 13.4. The molecule has 1 aromatic heterocycles. The van der Waals surface area contributed by atoms with E-state index in [2.05, 4.69) is 61.7 Å². The molecule has 9 nitrogen and oxygen atoms in total. The lowest BCUT2D eigenvalue weighted by Gasteiger charge is -2.30. The topological polar surface area (TPSA) is 89.5 Å². The highest BCUT2D eigenvalue weighted by Crippen LogP contribution is 2.30. The Hall–Kier alpha value is -4.66. The number of amides is 1. The van der Waals surface area contributed by atoms with E-state index in [9.17, 15) is 4.79 Å². The summed E-state index contributed by atoms with van der Waals surface area (Å²) >= 11 is 0. The summed E-state index contributed by atoms with van der Waals surface area (Å²) in [6, 6.07) is 20.6. The first-order chi connectivity index (χ1) is 22.0. The van der Waals surface area contributed by atoms with Crippen LogP contribution in [0.15, 0.2) is 60.7 Å². The summed E-state index contributed by atoms with van der Waals surface area (Å²) in [6.07, 6.45) is 7.17. The lowest BCUT2D eigenvalue weighted by molar-refractivity contribution is 0.102. The zero-order chi connectivity index (χ0) is 30.8. The summed E-state index contributed by atoms with van der Waals surface area (Å²) in [5.41, 5.74) is 8.12. The maximum Gasteiger partial charge on any atom is 0.255 e. The summed E-state index contributed by atoms with van der Waals surface area (Å²) in [6.45, 7) is 9.71. The molecule has 0 bridgehead atoms. The third-order valence-electron chi connectivity index (χ3n) is 9.28. The molecule has 0 atom stereocenters. The molecule has 4 aromatic rings. The minimum Gasteiger partial charge on any atom is -0.363 e. The Balaban J connectivity index is 1.05. The number of aryl methyl sites for hydroxylation is 2. The van der Waals surface area contributed by atoms with Crippen LogP contribution in [0.3, 0.4) is 0 Å². The van der Waals surface area contributed by atoms with Crippen LogP contribution in [0.4, 0.5) is 34.9 Å². The molecule has 2 N–H and O–H groups in total. The third kappa shape index (κ3) is 6.43. The Morgan fingerprint density at radius 1 is 0.667 bits per heavy atom. The molecule has 0 unspecified atom stereocenters. The van der Waals surface area contributed by atoms with E-state index in [4.69, 9.17) is 15.0 Å². The number of hydrogen-bond donors (Lipinski definition) is 2. The van der Waals surface area contributed by atoms with Gasteiger partial charge in [-0.1, -0.05) is 24.3 Å². The minimum absolute atomic E-state index is 0.109. The number of aromatic nitrogens is 3. The number of piperidine rings is 2. The van der Waals surface area contributed by atoms with Crippen LogP contribution in [0.5, 0.6) is 0 Å². The Labute approximate surface area is 265 Å². The Kier molecular flexibility index (Phi) is 8.24. The first kappa shape index (κ1) is 29.1. The standard InChI is InChI=1S/C36H42N8O/c1-25-22-30(44-23-27-11-5-6-12-28(27)24-44)14-15-31(25)33(45)38-32-16-13-29(21-26(32)2)37-34-39-35(42-17-7-3-8-18-42)41-36(40-34)43-19-9-4-10-20-43/h5-6,11-16,21-22H,3-4,7-10,17-20,23-24H2,1-2H3,(H,38,45)(H,37,39,40,41). The van der Waals surface area contributed by atoms with Crippen molar-refractivity contribution in [3.8, 4) is 0 Å². The molecule has 3 aliphatic heterocycles. The second-order valence-corrected chi connectivity index (χ2v) is 12.6. The number of rotatable bonds is 7. The molecule has 0 aliphatic carbocycles. The van der Waals surface area contributed by atoms with E-state index in [0.29, 0.717) is 11.5 Å². The molecule has 45 heavy (non-hydrogen) atoms. The number of benzene rings is 3. The first-order valence-electron chi connectivity index (χ1n) is 16.4. The molecule has 3 aromatic carbocycles. The molecule has 2 saturated heterocycles. The van der Waals surface area contributed by atoms with Crippen molar-refractivity contribution in [2.45, 2.75) is 65.5 Å². The van der Waals surface area contributed by atoms with E-state index in [0.717, 1.165) is 105 Å². The first-order valence-corrected chi connectivity index (χ1v) is 16.4. The molecule has 4 heterocycles. The van der Waals surface area contributed by atoms with Crippen molar-refractivity contribution < 1.29 is 4.79 Å². The monoisotopic (exact) mass is 602 g/mol. The second-order valence-electron chi connectivity index (χ2n) is 12.6. The molecule has 3 aliphatic rings. The molecule has 0 spiro atoms. The van der Waals surface area contributed by atoms with Crippen LogP contribution in [-0.4, -0.2) is 47.0 Å². The average Bonchev–Trinajstić information content (AvgIpc) is 3.51. The van der Waals surface area contributed by atoms with Crippen molar-refractivity contribution in [2.24, 2.45) is 0 Å². The van der Waals surface area contributed by atoms with Gasteiger partial charge in [0.25, 0.3) is 5.91 Å². The fourth-order valence-corrected chi connectivity index (χ4v) is 6.70. The number of carbonyl (C=O) groups is 1. The van der Waals surface area contributed by atoms with E-state index in [1.807, 2.05) is 38.1 Å². The highest BCUT2D eigenvalue weighted by Gasteiger charge is 2.22. The van der Waals surface area contributed by atoms with E-state index in [1.54, 1.807) is 0 Å². The summed E-state index contributed by atoms with van der Waals surface area (Å²) in [5.74, 6) is 1.95. The summed E-state index contributed by atoms with van der Waals surface area (Å²) < 4.78 is 0. The normalized spacial score (nSPS) is 16.4. The van der Waals surface area contributed by atoms with Crippen molar-refractivity contribution >= 4 is 40.8 Å². The van der Waals surface area contributed by atoms with Gasteiger partial charge in [-0.05, 0) is 111 Å². The lowest BCUT2D eigenvalue weighted by atomic mass is 10.1. The number of fused-ring (bicyclic) bond motifs is 1. The number of hydrogen-bond acceptors (Lipinski definition) is 8. The summed E-state index contributed by atoms with van der Waals surface area (Å²) in [5, 5.41) is 6.56. The fourth-order valence-electron chi connectivity index (χ4n) is 6.70. The van der Waals surface area contributed by atoms with Crippen LogP contribution in [0, 0.1) is 13.8 Å². The van der Waals surface area contributed by atoms with Crippen LogP contribution in [0.2, 0.25) is 0 Å². The number of nitrogens with zero attached hydrogens (tertiary/aromatic N) is 6. The van der Waals surface area contributed by atoms with E-state index < -0.39 is 0 Å². The smallest absolute Gasteiger partial charge is 0.255 e. The van der Waals surface area contributed by atoms with Gasteiger partial charge in [-0.3, -0.25) is 4.79 Å². The van der Waals surface area contributed by atoms with Gasteiger partial charge in [0.1, 0.15) is 0 Å². The molecule has 1 amide bonds. The van der Waals surface area contributed by atoms with Gasteiger partial charge in [0.15, 0.2) is 0 Å². The Morgan fingerprint density at radius 3 is 1.87 bits per heavy atom. The molecule has 2 fully saturated rings. The van der Waals surface area contributed by atoms with Gasteiger partial charge in [-0.25, -0.2) is 0 Å². The van der Waals surface area contributed by atoms with Crippen LogP contribution in [0.25, 0.3) is 0 Å². The maximum atomic E-state index is 13.4. The Morgan fingerprint density at radius 2 is 1.29 bits per heavy atom. The average molecular weight is 603 g/mol. The molecular weight excluding hydrogens is 560 g/mol. The van der Waals surface area contributed by atoms with Crippen molar-refractivity contribution in [2.75, 3.05) is 51.5 Å². The van der Waals surface area contributed by atoms with Crippen molar-refractivity contribution in [3.05, 3.63) is 88.5 Å². The number of carbonyl (C=O) groups excluding carboxylic acids is 1. The van der Waals surface area contributed by atoms with E-state index >= 15 is 0 Å². The van der Waals surface area contributed by atoms with Gasteiger partial charge in [-0.15, -0.1) is 0 Å². The second kappa shape index (κ2) is 12.8. The third-order valence-corrected chi connectivity index (χ3v) is 9.28. The van der Waals surface area contributed by atoms with E-state index in [-0.39, 0.29) is 5.91 Å². The molecule has 9 heteroatoms.